The zero-order valence-corrected chi connectivity index (χ0v) is 13.1. The van der Waals surface area contributed by atoms with Gasteiger partial charge in [0.1, 0.15) is 4.60 Å². The summed E-state index contributed by atoms with van der Waals surface area (Å²) in [6.45, 7) is 7.16. The molecule has 0 radical (unpaired) electrons. The van der Waals surface area contributed by atoms with Gasteiger partial charge in [-0.1, -0.05) is 13.8 Å². The smallest absolute Gasteiger partial charge is 0.229 e. The molecule has 1 aromatic heterocycles. The van der Waals surface area contributed by atoms with Crippen molar-refractivity contribution in [2.75, 3.05) is 6.61 Å². The first kappa shape index (κ1) is 14.0. The quantitative estimate of drug-likeness (QED) is 0.565. The van der Waals surface area contributed by atoms with Crippen molar-refractivity contribution in [2.45, 2.75) is 33.6 Å². The predicted molar refractivity (Wildman–Crippen MR) is 73.9 cm³/mol. The Morgan fingerprint density at radius 2 is 2.06 bits per heavy atom. The SMILES string of the molecule is Cc1cc(Br)c(OCCCC(C)C)nc1Br. The summed E-state index contributed by atoms with van der Waals surface area (Å²) < 4.78 is 7.39. The van der Waals surface area contributed by atoms with Crippen LogP contribution in [0.1, 0.15) is 32.3 Å². The maximum absolute atomic E-state index is 5.64. The van der Waals surface area contributed by atoms with E-state index in [4.69, 9.17) is 4.74 Å². The number of nitrogens with zero attached hydrogens (tertiary/aromatic N) is 1. The van der Waals surface area contributed by atoms with E-state index in [9.17, 15) is 0 Å². The first-order valence-corrected chi connectivity index (χ1v) is 7.04. The van der Waals surface area contributed by atoms with Crippen LogP contribution >= 0.6 is 31.9 Å². The highest BCUT2D eigenvalue weighted by Crippen LogP contribution is 2.27. The molecule has 90 valence electrons. The van der Waals surface area contributed by atoms with Gasteiger partial charge in [0, 0.05) is 0 Å². The maximum Gasteiger partial charge on any atom is 0.229 e. The summed E-state index contributed by atoms with van der Waals surface area (Å²) in [6.07, 6.45) is 2.25. The summed E-state index contributed by atoms with van der Waals surface area (Å²) in [5.74, 6) is 1.39. The highest BCUT2D eigenvalue weighted by Gasteiger charge is 2.06. The highest BCUT2D eigenvalue weighted by molar-refractivity contribution is 9.11. The molecule has 16 heavy (non-hydrogen) atoms. The third-order valence-electron chi connectivity index (χ3n) is 2.24. The molecule has 0 bridgehead atoms. The van der Waals surface area contributed by atoms with E-state index in [1.54, 1.807) is 0 Å². The molecule has 0 atom stereocenters. The Balaban J connectivity index is 2.51. The average Bonchev–Trinajstić information content (AvgIpc) is 2.19. The van der Waals surface area contributed by atoms with E-state index in [1.807, 2.05) is 13.0 Å². The Hall–Kier alpha value is -0.0900. The molecular weight excluding hydrogens is 334 g/mol. The van der Waals surface area contributed by atoms with Crippen LogP contribution in [0.3, 0.4) is 0 Å². The van der Waals surface area contributed by atoms with Crippen molar-refractivity contribution < 1.29 is 4.74 Å². The second kappa shape index (κ2) is 6.60. The lowest BCUT2D eigenvalue weighted by Crippen LogP contribution is -2.02. The number of halogens is 2. The standard InChI is InChI=1S/C12H17Br2NO/c1-8(2)5-4-6-16-12-10(13)7-9(3)11(14)15-12/h7-8H,4-6H2,1-3H3. The number of pyridine rings is 1. The van der Waals surface area contributed by atoms with Crippen molar-refractivity contribution in [3.8, 4) is 5.88 Å². The van der Waals surface area contributed by atoms with Gasteiger partial charge in [-0.15, -0.1) is 0 Å². The molecule has 0 amide bonds. The fourth-order valence-electron chi connectivity index (χ4n) is 1.30. The minimum Gasteiger partial charge on any atom is -0.477 e. The minimum absolute atomic E-state index is 0.668. The van der Waals surface area contributed by atoms with Gasteiger partial charge in [-0.25, -0.2) is 4.98 Å². The molecule has 0 aliphatic rings. The van der Waals surface area contributed by atoms with Gasteiger partial charge in [0.2, 0.25) is 5.88 Å². The Kier molecular flexibility index (Phi) is 5.76. The van der Waals surface area contributed by atoms with Gasteiger partial charge in [0.05, 0.1) is 11.1 Å². The Bertz CT molecular complexity index is 353. The van der Waals surface area contributed by atoms with Crippen molar-refractivity contribution in [3.05, 3.63) is 20.7 Å². The summed E-state index contributed by atoms with van der Waals surface area (Å²) in [4.78, 5) is 4.34. The number of ether oxygens (including phenoxy) is 1. The first-order chi connectivity index (χ1) is 7.50. The Morgan fingerprint density at radius 3 is 2.69 bits per heavy atom. The van der Waals surface area contributed by atoms with Gasteiger partial charge in [0.15, 0.2) is 0 Å². The van der Waals surface area contributed by atoms with Gasteiger partial charge in [-0.05, 0) is 69.2 Å². The monoisotopic (exact) mass is 349 g/mol. The largest absolute Gasteiger partial charge is 0.477 e. The molecule has 0 aliphatic heterocycles. The van der Waals surface area contributed by atoms with E-state index in [0.717, 1.165) is 33.6 Å². The van der Waals surface area contributed by atoms with Crippen LogP contribution in [0.5, 0.6) is 5.88 Å². The van der Waals surface area contributed by atoms with E-state index in [0.29, 0.717) is 5.88 Å². The molecule has 0 saturated carbocycles. The first-order valence-electron chi connectivity index (χ1n) is 5.46. The van der Waals surface area contributed by atoms with Gasteiger partial charge in [0.25, 0.3) is 0 Å². The minimum atomic E-state index is 0.668. The molecule has 1 rings (SSSR count). The summed E-state index contributed by atoms with van der Waals surface area (Å²) in [5.41, 5.74) is 1.10. The van der Waals surface area contributed by atoms with Crippen molar-refractivity contribution in [1.82, 2.24) is 4.98 Å². The summed E-state index contributed by atoms with van der Waals surface area (Å²) in [7, 11) is 0. The predicted octanol–water partition coefficient (Wildman–Crippen LogP) is 4.73. The van der Waals surface area contributed by atoms with Crippen LogP contribution in [0.4, 0.5) is 0 Å². The van der Waals surface area contributed by atoms with Crippen LogP contribution in [0.25, 0.3) is 0 Å². The van der Waals surface area contributed by atoms with E-state index < -0.39 is 0 Å². The fraction of sp³-hybridized carbons (Fsp3) is 0.583. The van der Waals surface area contributed by atoms with Crippen molar-refractivity contribution >= 4 is 31.9 Å². The Labute approximate surface area is 114 Å². The van der Waals surface area contributed by atoms with Gasteiger partial charge < -0.3 is 4.74 Å². The summed E-state index contributed by atoms with van der Waals surface area (Å²) >= 11 is 6.85. The zero-order valence-electron chi connectivity index (χ0n) is 9.89. The average molecular weight is 351 g/mol. The lowest BCUT2D eigenvalue weighted by atomic mass is 10.1. The van der Waals surface area contributed by atoms with E-state index in [1.165, 1.54) is 6.42 Å². The van der Waals surface area contributed by atoms with Crippen LogP contribution < -0.4 is 4.74 Å². The van der Waals surface area contributed by atoms with Gasteiger partial charge in [-0.2, -0.15) is 0 Å². The lowest BCUT2D eigenvalue weighted by Gasteiger charge is -2.09. The van der Waals surface area contributed by atoms with Crippen LogP contribution in [0, 0.1) is 12.8 Å². The molecule has 1 aromatic rings. The van der Waals surface area contributed by atoms with Crippen LogP contribution in [0.2, 0.25) is 0 Å². The third-order valence-corrected chi connectivity index (χ3v) is 3.61. The molecule has 0 aliphatic carbocycles. The number of aryl methyl sites for hydroxylation is 1. The number of hydrogen-bond donors (Lipinski definition) is 0. The summed E-state index contributed by atoms with van der Waals surface area (Å²) in [6, 6.07) is 2.01. The van der Waals surface area contributed by atoms with Crippen molar-refractivity contribution in [2.24, 2.45) is 5.92 Å². The lowest BCUT2D eigenvalue weighted by molar-refractivity contribution is 0.285. The molecule has 4 heteroatoms. The van der Waals surface area contributed by atoms with E-state index >= 15 is 0 Å². The van der Waals surface area contributed by atoms with Crippen LogP contribution in [0.15, 0.2) is 15.1 Å². The van der Waals surface area contributed by atoms with Crippen LogP contribution in [-0.4, -0.2) is 11.6 Å². The molecule has 0 fully saturated rings. The molecule has 0 N–H and O–H groups in total. The Morgan fingerprint density at radius 1 is 1.38 bits per heavy atom. The molecule has 0 saturated heterocycles. The molecule has 1 heterocycles. The van der Waals surface area contributed by atoms with Crippen LogP contribution in [-0.2, 0) is 0 Å². The maximum atomic E-state index is 5.64. The van der Waals surface area contributed by atoms with Gasteiger partial charge >= 0.3 is 0 Å². The number of hydrogen-bond acceptors (Lipinski definition) is 2. The molecule has 0 spiro atoms. The third kappa shape index (κ3) is 4.42. The molecule has 2 nitrogen and oxygen atoms in total. The molecular formula is C12H17Br2NO. The molecule has 0 aromatic carbocycles. The highest BCUT2D eigenvalue weighted by atomic mass is 79.9. The topological polar surface area (TPSA) is 22.1 Å². The van der Waals surface area contributed by atoms with Crippen molar-refractivity contribution in [1.29, 1.82) is 0 Å². The van der Waals surface area contributed by atoms with Crippen molar-refractivity contribution in [3.63, 3.8) is 0 Å². The second-order valence-electron chi connectivity index (χ2n) is 4.27. The normalized spacial score (nSPS) is 10.9. The number of aromatic nitrogens is 1. The summed E-state index contributed by atoms with van der Waals surface area (Å²) in [5, 5.41) is 0. The zero-order chi connectivity index (χ0) is 12.1. The number of rotatable bonds is 5. The molecule has 0 unspecified atom stereocenters. The van der Waals surface area contributed by atoms with E-state index in [-0.39, 0.29) is 0 Å². The van der Waals surface area contributed by atoms with Gasteiger partial charge in [-0.3, -0.25) is 0 Å². The second-order valence-corrected chi connectivity index (χ2v) is 5.87. The van der Waals surface area contributed by atoms with E-state index in [2.05, 4.69) is 50.7 Å². The fourth-order valence-corrected chi connectivity index (χ4v) is 2.13.